The average Bonchev–Trinajstić information content (AvgIpc) is 3.07. The first-order valence-corrected chi connectivity index (χ1v) is 9.73. The molecule has 4 rings (SSSR count). The van der Waals surface area contributed by atoms with Crippen molar-refractivity contribution in [3.8, 4) is 17.1 Å². The zero-order chi connectivity index (χ0) is 20.5. The summed E-state index contributed by atoms with van der Waals surface area (Å²) in [4.78, 5) is 16.6. The number of imidazole rings is 1. The molecule has 0 bridgehead atoms. The lowest BCUT2D eigenvalue weighted by molar-refractivity contribution is -0.633. The topological polar surface area (TPSA) is 46.0 Å². The van der Waals surface area contributed by atoms with E-state index in [0.29, 0.717) is 12.0 Å². The molecule has 4 heteroatoms. The maximum absolute atomic E-state index is 13.1. The van der Waals surface area contributed by atoms with Crippen LogP contribution in [0.5, 0.6) is 5.75 Å². The maximum Gasteiger partial charge on any atom is 0.287 e. The lowest BCUT2D eigenvalue weighted by Crippen LogP contribution is -2.29. The van der Waals surface area contributed by atoms with Gasteiger partial charge in [0.25, 0.3) is 5.82 Å². The number of aromatic amines is 1. The minimum atomic E-state index is 0.0811. The van der Waals surface area contributed by atoms with Gasteiger partial charge in [0.15, 0.2) is 16.8 Å². The van der Waals surface area contributed by atoms with Gasteiger partial charge in [0, 0.05) is 12.0 Å². The van der Waals surface area contributed by atoms with Crippen molar-refractivity contribution in [1.29, 1.82) is 0 Å². The zero-order valence-corrected chi connectivity index (χ0v) is 17.2. The minimum Gasteiger partial charge on any atom is -0.496 e. The van der Waals surface area contributed by atoms with Gasteiger partial charge in [-0.25, -0.2) is 9.55 Å². The molecule has 1 aromatic heterocycles. The van der Waals surface area contributed by atoms with E-state index >= 15 is 0 Å². The lowest BCUT2D eigenvalue weighted by atomic mass is 9.96. The predicted molar refractivity (Wildman–Crippen MR) is 115 cm³/mol. The average molecular weight is 385 g/mol. The van der Waals surface area contributed by atoms with E-state index in [1.807, 2.05) is 63.4 Å². The fourth-order valence-corrected chi connectivity index (χ4v) is 3.83. The standard InChI is InChI=1S/C25H24N2O2/c1-16-13-19(15-24(29-4)17(16)2)23(28)14-18-9-5-6-10-20(18)25-26-21-11-7-8-12-22(21)27(25)3/h5-13,15H,14H2,1-4H3/p+1. The Bertz CT molecular complexity index is 1220. The van der Waals surface area contributed by atoms with Crippen LogP contribution in [0.25, 0.3) is 22.4 Å². The summed E-state index contributed by atoms with van der Waals surface area (Å²) in [5, 5.41) is 0. The predicted octanol–water partition coefficient (Wildman–Crippen LogP) is 4.71. The highest BCUT2D eigenvalue weighted by molar-refractivity contribution is 5.99. The van der Waals surface area contributed by atoms with Crippen LogP contribution in [0, 0.1) is 13.8 Å². The van der Waals surface area contributed by atoms with E-state index < -0.39 is 0 Å². The molecule has 3 aromatic carbocycles. The number of ether oxygens (including phenoxy) is 1. The number of nitrogens with one attached hydrogen (secondary N) is 1. The summed E-state index contributed by atoms with van der Waals surface area (Å²) >= 11 is 0. The van der Waals surface area contributed by atoms with Crippen molar-refractivity contribution in [2.45, 2.75) is 20.3 Å². The number of benzene rings is 3. The molecule has 0 fully saturated rings. The Labute approximate surface area is 170 Å². The van der Waals surface area contributed by atoms with Crippen LogP contribution in [0.1, 0.15) is 27.0 Å². The van der Waals surface area contributed by atoms with Crippen molar-refractivity contribution in [3.05, 3.63) is 82.9 Å². The Hall–Kier alpha value is -3.40. The monoisotopic (exact) mass is 385 g/mol. The molecule has 0 saturated heterocycles. The third kappa shape index (κ3) is 3.42. The minimum absolute atomic E-state index is 0.0811. The highest BCUT2D eigenvalue weighted by Crippen LogP contribution is 2.26. The van der Waals surface area contributed by atoms with Gasteiger partial charge >= 0.3 is 0 Å². The van der Waals surface area contributed by atoms with Gasteiger partial charge in [-0.05, 0) is 60.9 Å². The molecular weight excluding hydrogens is 360 g/mol. The van der Waals surface area contributed by atoms with E-state index in [4.69, 9.17) is 4.74 Å². The Kier molecular flexibility index (Phi) is 4.93. The zero-order valence-electron chi connectivity index (χ0n) is 17.2. The number of nitrogens with zero attached hydrogens (tertiary/aromatic N) is 1. The van der Waals surface area contributed by atoms with E-state index in [0.717, 1.165) is 44.9 Å². The number of hydrogen-bond acceptors (Lipinski definition) is 2. The summed E-state index contributed by atoms with van der Waals surface area (Å²) in [6.45, 7) is 4.01. The molecule has 0 aliphatic rings. The van der Waals surface area contributed by atoms with Crippen LogP contribution in [0.3, 0.4) is 0 Å². The molecule has 4 nitrogen and oxygen atoms in total. The molecule has 0 unspecified atom stereocenters. The number of ketones is 1. The van der Waals surface area contributed by atoms with E-state index in [-0.39, 0.29) is 5.78 Å². The maximum atomic E-state index is 13.1. The molecule has 4 aromatic rings. The Morgan fingerprint density at radius 2 is 1.76 bits per heavy atom. The number of carbonyl (C=O) groups is 1. The fourth-order valence-electron chi connectivity index (χ4n) is 3.83. The van der Waals surface area contributed by atoms with Crippen molar-refractivity contribution < 1.29 is 14.1 Å². The van der Waals surface area contributed by atoms with Crippen LogP contribution < -0.4 is 9.30 Å². The van der Waals surface area contributed by atoms with Crippen LogP contribution in [0.15, 0.2) is 60.7 Å². The van der Waals surface area contributed by atoms with Crippen molar-refractivity contribution >= 4 is 16.8 Å². The molecule has 0 atom stereocenters. The number of aromatic nitrogens is 2. The first kappa shape index (κ1) is 18.9. The molecule has 29 heavy (non-hydrogen) atoms. The number of hydrogen-bond donors (Lipinski definition) is 1. The Morgan fingerprint density at radius 3 is 2.52 bits per heavy atom. The van der Waals surface area contributed by atoms with E-state index in [2.05, 4.69) is 27.8 Å². The number of Topliss-reactive ketones (excluding diaryl/α,β-unsaturated/α-hetero) is 1. The normalized spacial score (nSPS) is 11.0. The molecule has 0 saturated carbocycles. The van der Waals surface area contributed by atoms with Crippen molar-refractivity contribution in [2.75, 3.05) is 7.11 Å². The number of aryl methyl sites for hydroxylation is 2. The number of fused-ring (bicyclic) bond motifs is 1. The first-order chi connectivity index (χ1) is 14.0. The van der Waals surface area contributed by atoms with Gasteiger partial charge in [-0.2, -0.15) is 0 Å². The van der Waals surface area contributed by atoms with Gasteiger partial charge in [0.1, 0.15) is 5.75 Å². The molecule has 0 aliphatic carbocycles. The molecular formula is C25H25N2O2+. The number of rotatable bonds is 5. The van der Waals surface area contributed by atoms with Crippen molar-refractivity contribution in [1.82, 2.24) is 4.98 Å². The van der Waals surface area contributed by atoms with Crippen LogP contribution in [0.4, 0.5) is 0 Å². The second-order valence-electron chi connectivity index (χ2n) is 7.43. The number of H-pyrrole nitrogens is 1. The number of carbonyl (C=O) groups excluding carboxylic acids is 1. The third-order valence-corrected chi connectivity index (χ3v) is 5.64. The molecule has 0 spiro atoms. The van der Waals surface area contributed by atoms with Gasteiger partial charge in [-0.1, -0.05) is 30.3 Å². The van der Waals surface area contributed by atoms with Gasteiger partial charge in [0.2, 0.25) is 0 Å². The SMILES string of the molecule is COc1cc(C(=O)Cc2ccccc2-c2[nH]c3ccccc3[n+]2C)cc(C)c1C. The number of para-hydroxylation sites is 2. The fraction of sp³-hybridized carbons (Fsp3) is 0.200. The van der Waals surface area contributed by atoms with E-state index in [1.165, 1.54) is 0 Å². The van der Waals surface area contributed by atoms with Crippen molar-refractivity contribution in [3.63, 3.8) is 0 Å². The lowest BCUT2D eigenvalue weighted by Gasteiger charge is -2.11. The molecule has 0 amide bonds. The summed E-state index contributed by atoms with van der Waals surface area (Å²) in [5.74, 6) is 1.83. The Morgan fingerprint density at radius 1 is 1.03 bits per heavy atom. The summed E-state index contributed by atoms with van der Waals surface area (Å²) in [5.41, 5.74) is 7.04. The molecule has 1 heterocycles. The van der Waals surface area contributed by atoms with Gasteiger partial charge < -0.3 is 4.74 Å². The summed E-state index contributed by atoms with van der Waals surface area (Å²) in [6.07, 6.45) is 0.331. The molecule has 0 aliphatic heterocycles. The molecule has 146 valence electrons. The van der Waals surface area contributed by atoms with Crippen molar-refractivity contribution in [2.24, 2.45) is 7.05 Å². The van der Waals surface area contributed by atoms with E-state index in [9.17, 15) is 4.79 Å². The highest BCUT2D eigenvalue weighted by atomic mass is 16.5. The van der Waals surface area contributed by atoms with Gasteiger partial charge in [0.05, 0.1) is 19.7 Å². The van der Waals surface area contributed by atoms with Crippen LogP contribution >= 0.6 is 0 Å². The second kappa shape index (κ2) is 7.55. The summed E-state index contributed by atoms with van der Waals surface area (Å²) in [6, 6.07) is 20.1. The van der Waals surface area contributed by atoms with Crippen LogP contribution in [-0.2, 0) is 13.5 Å². The molecule has 1 N–H and O–H groups in total. The number of methoxy groups -OCH3 is 1. The summed E-state index contributed by atoms with van der Waals surface area (Å²) in [7, 11) is 3.68. The van der Waals surface area contributed by atoms with Crippen LogP contribution in [-0.4, -0.2) is 17.9 Å². The van der Waals surface area contributed by atoms with Gasteiger partial charge in [-0.3, -0.25) is 4.79 Å². The molecule has 0 radical (unpaired) electrons. The quantitative estimate of drug-likeness (QED) is 0.399. The largest absolute Gasteiger partial charge is 0.496 e. The van der Waals surface area contributed by atoms with Crippen LogP contribution in [0.2, 0.25) is 0 Å². The van der Waals surface area contributed by atoms with Gasteiger partial charge in [-0.15, -0.1) is 0 Å². The highest BCUT2D eigenvalue weighted by Gasteiger charge is 2.21. The third-order valence-electron chi connectivity index (χ3n) is 5.64. The Balaban J connectivity index is 1.73. The first-order valence-electron chi connectivity index (χ1n) is 9.73. The second-order valence-corrected chi connectivity index (χ2v) is 7.43. The summed E-state index contributed by atoms with van der Waals surface area (Å²) < 4.78 is 7.59. The van der Waals surface area contributed by atoms with E-state index in [1.54, 1.807) is 7.11 Å². The smallest absolute Gasteiger partial charge is 0.287 e.